The fraction of sp³-hybridized carbons (Fsp3) is 0. The molecule has 0 radical (unpaired) electrons. The van der Waals surface area contributed by atoms with Crippen LogP contribution in [-0.2, 0) is 0 Å². The standard InChI is InChI=1S/C13H12N4O3/c14-11-8-10(17(19)20)6-7-12(11)16(15)13(18)9-4-2-1-3-5-9/h1-8H,14-15H2. The molecule has 4 N–H and O–H groups in total. The Kier molecular flexibility index (Phi) is 3.62. The van der Waals surface area contributed by atoms with Crippen LogP contribution in [0.3, 0.4) is 0 Å². The molecule has 0 saturated carbocycles. The molecule has 2 rings (SSSR count). The summed E-state index contributed by atoms with van der Waals surface area (Å²) in [5, 5.41) is 11.5. The third-order valence-corrected chi connectivity index (χ3v) is 2.72. The quantitative estimate of drug-likeness (QED) is 0.290. The van der Waals surface area contributed by atoms with E-state index in [0.717, 1.165) is 11.1 Å². The lowest BCUT2D eigenvalue weighted by Crippen LogP contribution is -2.37. The summed E-state index contributed by atoms with van der Waals surface area (Å²) in [5.41, 5.74) is 6.21. The van der Waals surface area contributed by atoms with Crippen LogP contribution in [0.25, 0.3) is 0 Å². The molecule has 0 heterocycles. The molecule has 0 spiro atoms. The number of rotatable bonds is 3. The molecule has 2 aromatic carbocycles. The topological polar surface area (TPSA) is 115 Å². The predicted molar refractivity (Wildman–Crippen MR) is 74.9 cm³/mol. The van der Waals surface area contributed by atoms with Gasteiger partial charge in [-0.1, -0.05) is 18.2 Å². The van der Waals surface area contributed by atoms with Crippen LogP contribution in [-0.4, -0.2) is 10.8 Å². The van der Waals surface area contributed by atoms with E-state index in [2.05, 4.69) is 0 Å². The Labute approximate surface area is 114 Å². The molecule has 7 nitrogen and oxygen atoms in total. The first-order valence-electron chi connectivity index (χ1n) is 5.69. The average molecular weight is 272 g/mol. The van der Waals surface area contributed by atoms with E-state index < -0.39 is 10.8 Å². The van der Waals surface area contributed by atoms with Gasteiger partial charge in [-0.2, -0.15) is 0 Å². The fourth-order valence-electron chi connectivity index (χ4n) is 1.70. The summed E-state index contributed by atoms with van der Waals surface area (Å²) in [5.74, 6) is 5.28. The van der Waals surface area contributed by atoms with Gasteiger partial charge in [-0.15, -0.1) is 0 Å². The zero-order valence-electron chi connectivity index (χ0n) is 10.4. The van der Waals surface area contributed by atoms with Crippen molar-refractivity contribution >= 4 is 23.0 Å². The number of nitro benzene ring substituents is 1. The molecule has 0 aromatic heterocycles. The summed E-state index contributed by atoms with van der Waals surface area (Å²) in [7, 11) is 0. The highest BCUT2D eigenvalue weighted by atomic mass is 16.6. The highest BCUT2D eigenvalue weighted by Crippen LogP contribution is 2.26. The number of benzene rings is 2. The number of nitrogen functional groups attached to an aromatic ring is 1. The number of amides is 1. The highest BCUT2D eigenvalue weighted by Gasteiger charge is 2.18. The molecule has 0 unspecified atom stereocenters. The molecule has 2 aromatic rings. The Morgan fingerprint density at radius 1 is 1.15 bits per heavy atom. The second kappa shape index (κ2) is 5.37. The van der Waals surface area contributed by atoms with Crippen molar-refractivity contribution in [1.82, 2.24) is 0 Å². The summed E-state index contributed by atoms with van der Waals surface area (Å²) in [6.07, 6.45) is 0. The van der Waals surface area contributed by atoms with E-state index in [1.807, 2.05) is 0 Å². The number of non-ortho nitro benzene ring substituents is 1. The van der Waals surface area contributed by atoms with Crippen molar-refractivity contribution in [2.45, 2.75) is 0 Å². The Bertz CT molecular complexity index is 658. The van der Waals surface area contributed by atoms with E-state index in [1.165, 1.54) is 12.1 Å². The molecular weight excluding hydrogens is 260 g/mol. The summed E-state index contributed by atoms with van der Waals surface area (Å²) >= 11 is 0. The number of carbonyl (C=O) groups excluding carboxylic acids is 1. The zero-order valence-corrected chi connectivity index (χ0v) is 10.4. The molecule has 1 amide bonds. The fourth-order valence-corrected chi connectivity index (χ4v) is 1.70. The largest absolute Gasteiger partial charge is 0.397 e. The second-order valence-electron chi connectivity index (χ2n) is 4.04. The molecule has 20 heavy (non-hydrogen) atoms. The van der Waals surface area contributed by atoms with Gasteiger partial charge in [0.05, 0.1) is 16.3 Å². The second-order valence-corrected chi connectivity index (χ2v) is 4.04. The number of nitro groups is 1. The van der Waals surface area contributed by atoms with E-state index >= 15 is 0 Å². The van der Waals surface area contributed by atoms with Crippen molar-refractivity contribution in [1.29, 1.82) is 0 Å². The zero-order chi connectivity index (χ0) is 14.7. The number of hydrogen-bond acceptors (Lipinski definition) is 5. The van der Waals surface area contributed by atoms with Crippen LogP contribution in [0.4, 0.5) is 17.1 Å². The first-order chi connectivity index (χ1) is 9.50. The van der Waals surface area contributed by atoms with Crippen molar-refractivity contribution in [3.63, 3.8) is 0 Å². The first kappa shape index (κ1) is 13.5. The van der Waals surface area contributed by atoms with Gasteiger partial charge in [0.1, 0.15) is 0 Å². The number of carbonyl (C=O) groups is 1. The maximum Gasteiger partial charge on any atom is 0.272 e. The average Bonchev–Trinajstić information content (AvgIpc) is 2.46. The normalized spacial score (nSPS) is 10.1. The molecule has 0 atom stereocenters. The number of hydrazine groups is 1. The smallest absolute Gasteiger partial charge is 0.272 e. The third-order valence-electron chi connectivity index (χ3n) is 2.72. The summed E-state index contributed by atoms with van der Waals surface area (Å²) in [6, 6.07) is 12.2. The van der Waals surface area contributed by atoms with Gasteiger partial charge in [0.2, 0.25) is 0 Å². The van der Waals surface area contributed by atoms with Gasteiger partial charge in [0.15, 0.2) is 0 Å². The minimum absolute atomic E-state index is 0.0611. The van der Waals surface area contributed by atoms with Gasteiger partial charge in [-0.25, -0.2) is 10.9 Å². The van der Waals surface area contributed by atoms with Crippen LogP contribution in [0.1, 0.15) is 10.4 Å². The van der Waals surface area contributed by atoms with Gasteiger partial charge < -0.3 is 5.73 Å². The number of anilines is 2. The highest BCUT2D eigenvalue weighted by molar-refractivity contribution is 6.06. The Hall–Kier alpha value is -2.93. The minimum atomic E-state index is -0.569. The van der Waals surface area contributed by atoms with Crippen LogP contribution < -0.4 is 16.6 Å². The van der Waals surface area contributed by atoms with Crippen LogP contribution in [0.15, 0.2) is 48.5 Å². The van der Waals surface area contributed by atoms with Gasteiger partial charge >= 0.3 is 0 Å². The Morgan fingerprint density at radius 2 is 1.80 bits per heavy atom. The van der Waals surface area contributed by atoms with Crippen molar-refractivity contribution in [3.05, 3.63) is 64.2 Å². The van der Waals surface area contributed by atoms with E-state index in [4.69, 9.17) is 11.6 Å². The summed E-state index contributed by atoms with van der Waals surface area (Å²) in [6.45, 7) is 0. The lowest BCUT2D eigenvalue weighted by Gasteiger charge is -2.18. The van der Waals surface area contributed by atoms with E-state index in [0.29, 0.717) is 5.56 Å². The SMILES string of the molecule is Nc1cc([N+](=O)[O-])ccc1N(N)C(=O)c1ccccc1. The molecule has 0 aliphatic rings. The molecule has 102 valence electrons. The number of nitrogens with two attached hydrogens (primary N) is 2. The minimum Gasteiger partial charge on any atom is -0.397 e. The van der Waals surface area contributed by atoms with Gasteiger partial charge in [0, 0.05) is 17.7 Å². The molecule has 0 aliphatic carbocycles. The summed E-state index contributed by atoms with van der Waals surface area (Å²) in [4.78, 5) is 22.2. The lowest BCUT2D eigenvalue weighted by molar-refractivity contribution is -0.384. The van der Waals surface area contributed by atoms with Crippen molar-refractivity contribution in [2.24, 2.45) is 5.84 Å². The molecule has 0 bridgehead atoms. The maximum absolute atomic E-state index is 12.1. The van der Waals surface area contributed by atoms with Gasteiger partial charge in [-0.3, -0.25) is 14.9 Å². The molecule has 7 heteroatoms. The molecule has 0 saturated heterocycles. The Morgan fingerprint density at radius 3 is 2.35 bits per heavy atom. The molecule has 0 fully saturated rings. The Balaban J connectivity index is 2.32. The first-order valence-corrected chi connectivity index (χ1v) is 5.69. The van der Waals surface area contributed by atoms with Crippen molar-refractivity contribution in [2.75, 3.05) is 10.7 Å². The van der Waals surface area contributed by atoms with Gasteiger partial charge in [0.25, 0.3) is 11.6 Å². The van der Waals surface area contributed by atoms with Crippen LogP contribution in [0.5, 0.6) is 0 Å². The van der Waals surface area contributed by atoms with E-state index in [9.17, 15) is 14.9 Å². The van der Waals surface area contributed by atoms with Crippen LogP contribution in [0, 0.1) is 10.1 Å². The van der Waals surface area contributed by atoms with Crippen molar-refractivity contribution < 1.29 is 9.72 Å². The number of hydrogen-bond donors (Lipinski definition) is 2. The molecule has 0 aliphatic heterocycles. The third kappa shape index (κ3) is 2.57. The maximum atomic E-state index is 12.1. The van der Waals surface area contributed by atoms with Crippen LogP contribution in [0.2, 0.25) is 0 Å². The summed E-state index contributed by atoms with van der Waals surface area (Å²) < 4.78 is 0. The monoisotopic (exact) mass is 272 g/mol. The number of nitrogens with zero attached hydrogens (tertiary/aromatic N) is 2. The van der Waals surface area contributed by atoms with Crippen molar-refractivity contribution in [3.8, 4) is 0 Å². The predicted octanol–water partition coefficient (Wildman–Crippen LogP) is 1.70. The van der Waals surface area contributed by atoms with Crippen LogP contribution >= 0.6 is 0 Å². The lowest BCUT2D eigenvalue weighted by atomic mass is 10.2. The van der Waals surface area contributed by atoms with E-state index in [-0.39, 0.29) is 17.1 Å². The van der Waals surface area contributed by atoms with Gasteiger partial charge in [-0.05, 0) is 18.2 Å². The molecular formula is C13H12N4O3. The van der Waals surface area contributed by atoms with E-state index in [1.54, 1.807) is 30.3 Å².